The van der Waals surface area contributed by atoms with Crippen molar-refractivity contribution in [2.75, 3.05) is 39.0 Å². The molecule has 141 heavy (non-hydrogen) atoms. The van der Waals surface area contributed by atoms with Gasteiger partial charge in [0.1, 0.15) is 0 Å². The first-order valence-electron chi connectivity index (χ1n) is 38.3. The zero-order valence-corrected chi connectivity index (χ0v) is 88.2. The monoisotopic (exact) mass is 2350 g/mol. The number of sulfonamides is 1. The molecule has 0 fully saturated rings. The first-order valence-corrected chi connectivity index (χ1v) is 57.2. The summed E-state index contributed by atoms with van der Waals surface area (Å²) in [5, 5.41) is 56.9. The predicted molar refractivity (Wildman–Crippen MR) is 541 cm³/mol. The van der Waals surface area contributed by atoms with E-state index in [1.165, 1.54) is 162 Å². The average Bonchev–Trinajstić information content (AvgIpc) is 1.65. The fraction of sp³-hybridized carbons (Fsp3) is 0.0500. The number of aryl methyl sites for hydroxylation is 1. The summed E-state index contributed by atoms with van der Waals surface area (Å²) in [6.07, 6.45) is 19.5. The molecule has 0 unspecified atom stereocenters. The standard InChI is InChI=1S/C17H10Cl2N4O3S3.C16H8Cl2N4O4S2.C16H10Cl2N4O3S3.C16H8Cl2N4O3S3.C15H9Cl2N5O3S3/c1-23(10-3-2-9-4-5-29(25,26)13(9)6-10)16(24)15-21-22-17(28-15)27-14-11(18)7-20-8-12(14)19;17-10-6-19-7-11(18)13(10)27-16-22-21-15(26-16)14(23)20-9-2-1-8-3-4-28(24,25)12(8)5-9;2*17-10-6-19-7-11(18)13(10)26-16-22-21-15(27-16)14(23)20-9-2-1-8-3-4-28(24,25)12(8)5-9;16-9-5-18-6-10(17)12(9)26-15-22-21-14(27-15)13(23)20-8-2-1-7-4-19-28(24,25)11(7)3-8/h2-8H,1H3;1-7H,(H,20,23);1-2,5-7H,3-4H2,(H,20,23);1-7H,(H,20,23);1-3,5-6,19H,4H2,(H,20,23). The molecule has 5 aromatic carbocycles. The molecular weight excluding hydrogens is 2310 g/mol. The maximum atomic E-state index is 12.8. The Kier molecular flexibility index (Phi) is 32.5. The van der Waals surface area contributed by atoms with Crippen molar-refractivity contribution in [1.29, 1.82) is 0 Å². The van der Waals surface area contributed by atoms with Gasteiger partial charge in [-0.25, -0.2) is 46.8 Å². The first kappa shape index (κ1) is 104. The largest absolute Gasteiger partial charge is 0.407 e. The Labute approximate surface area is 883 Å². The van der Waals surface area contributed by atoms with Gasteiger partial charge in [-0.3, -0.25) is 48.9 Å². The van der Waals surface area contributed by atoms with E-state index in [2.05, 4.69) is 102 Å². The number of aromatic nitrogens is 15. The van der Waals surface area contributed by atoms with Gasteiger partial charge in [-0.2, -0.15) is 0 Å². The summed E-state index contributed by atoms with van der Waals surface area (Å²) in [7, 11) is -15.7. The van der Waals surface area contributed by atoms with Crippen molar-refractivity contribution in [3.8, 4) is 0 Å². The van der Waals surface area contributed by atoms with Gasteiger partial charge in [-0.1, -0.05) is 239 Å². The van der Waals surface area contributed by atoms with Crippen molar-refractivity contribution in [2.45, 2.75) is 84.5 Å². The van der Waals surface area contributed by atoms with Crippen LogP contribution < -0.4 is 30.9 Å². The molecular formula is C80H45Cl10N21O16S14. The fourth-order valence-corrected chi connectivity index (χ4v) is 29.2. The van der Waals surface area contributed by atoms with Crippen LogP contribution in [0.15, 0.2) is 245 Å². The second-order valence-electron chi connectivity index (χ2n) is 28.0. The van der Waals surface area contributed by atoms with Gasteiger partial charge >= 0.3 is 11.8 Å². The van der Waals surface area contributed by atoms with E-state index in [1.807, 2.05) is 0 Å². The molecule has 0 saturated carbocycles. The van der Waals surface area contributed by atoms with Gasteiger partial charge in [0.2, 0.25) is 59.6 Å². The topological polar surface area (TPSA) is 526 Å². The number of fused-ring (bicyclic) bond motifs is 5. The zero-order valence-electron chi connectivity index (χ0n) is 69.2. The number of carbonyl (C=O) groups excluding carboxylic acids is 5. The minimum atomic E-state index is -3.53. The Hall–Kier alpha value is -9.84. The van der Waals surface area contributed by atoms with Crippen molar-refractivity contribution >= 4 is 346 Å². The maximum Gasteiger partial charge on any atom is 0.313 e. The van der Waals surface area contributed by atoms with E-state index in [-0.39, 0.29) is 73.6 Å². The summed E-state index contributed by atoms with van der Waals surface area (Å²) < 4.78 is 129. The van der Waals surface area contributed by atoms with E-state index < -0.39 is 78.9 Å². The van der Waals surface area contributed by atoms with E-state index in [0.29, 0.717) is 143 Å². The number of hydrogen-bond acceptors (Lipinski definition) is 40. The number of hydrogen-bond donors (Lipinski definition) is 5. The van der Waals surface area contributed by atoms with Crippen LogP contribution in [0.1, 0.15) is 77.7 Å². The Morgan fingerprint density at radius 1 is 0.362 bits per heavy atom. The zero-order chi connectivity index (χ0) is 100. The molecule has 10 aromatic heterocycles. The number of anilines is 5. The normalized spacial score (nSPS) is 14.3. The van der Waals surface area contributed by atoms with Gasteiger partial charge < -0.3 is 30.6 Å². The van der Waals surface area contributed by atoms with Crippen molar-refractivity contribution in [1.82, 2.24) is 80.6 Å². The first-order chi connectivity index (χ1) is 67.1. The number of nitrogens with one attached hydrogen (secondary N) is 5. The van der Waals surface area contributed by atoms with E-state index in [9.17, 15) is 66.1 Å². The van der Waals surface area contributed by atoms with Crippen LogP contribution in [-0.4, -0.2) is 160 Å². The van der Waals surface area contributed by atoms with Crippen molar-refractivity contribution in [3.05, 3.63) is 273 Å². The Morgan fingerprint density at radius 2 is 0.681 bits per heavy atom. The van der Waals surface area contributed by atoms with E-state index in [4.69, 9.17) is 120 Å². The molecule has 5 aliphatic rings. The van der Waals surface area contributed by atoms with Crippen LogP contribution in [0, 0.1) is 0 Å². The molecule has 5 amide bonds. The number of rotatable bonds is 20. The lowest BCUT2D eigenvalue weighted by Crippen LogP contribution is -2.26. The van der Waals surface area contributed by atoms with E-state index in [0.717, 1.165) is 78.9 Å². The Morgan fingerprint density at radius 3 is 1.07 bits per heavy atom. The third-order valence-corrected chi connectivity index (χ3v) is 39.9. The molecule has 15 aromatic rings. The van der Waals surface area contributed by atoms with Gasteiger partial charge in [0.05, 0.1) is 105 Å². The van der Waals surface area contributed by atoms with Gasteiger partial charge in [-0.15, -0.1) is 51.0 Å². The lowest BCUT2D eigenvalue weighted by molar-refractivity contribution is 0.0980. The number of benzene rings is 5. The van der Waals surface area contributed by atoms with E-state index >= 15 is 0 Å². The molecule has 0 atom stereocenters. The fourth-order valence-electron chi connectivity index (χ4n) is 12.2. The van der Waals surface area contributed by atoms with Crippen LogP contribution in [0.2, 0.25) is 50.2 Å². The maximum absolute atomic E-state index is 12.8. The average molecular weight is 2360 g/mol. The molecule has 0 aliphatic carbocycles. The van der Waals surface area contributed by atoms with Crippen molar-refractivity contribution < 1.29 is 70.5 Å². The number of sulfone groups is 4. The molecule has 5 N–H and O–H groups in total. The minimum absolute atomic E-state index is 0.0564. The highest BCUT2D eigenvalue weighted by Gasteiger charge is 2.33. The summed E-state index contributed by atoms with van der Waals surface area (Å²) in [4.78, 5) is 86.8. The molecule has 0 saturated heterocycles. The molecule has 0 bridgehead atoms. The predicted octanol–water partition coefficient (Wildman–Crippen LogP) is 20.2. The van der Waals surface area contributed by atoms with Crippen LogP contribution >= 0.6 is 220 Å². The quantitative estimate of drug-likeness (QED) is 0.0473. The van der Waals surface area contributed by atoms with Crippen LogP contribution in [-0.2, 0) is 62.3 Å². The SMILES string of the molecule is CN(C(=O)c1nnc(Sc2c(Cl)cncc2Cl)s1)c1ccc2c(c1)S(=O)(=O)C=C2.O=C(Nc1ccc2c(c1)S(=O)(=O)C=C2)c1nnc(Sc2c(Cl)cncc2Cl)o1.O=C(Nc1ccc2c(c1)S(=O)(=O)C=C2)c1nnc(Sc2c(Cl)cncc2Cl)s1.O=C(Nc1ccc2c(c1)S(=O)(=O)CC2)c1nnc(Sc2c(Cl)cncc2Cl)s1.O=C(Nc1ccc2c(c1)S(=O)(=O)NC2)c1nnc(Sc2c(Cl)cncc2Cl)s1. The molecule has 0 radical (unpaired) electrons. The molecule has 15 heterocycles. The summed E-state index contributed by atoms with van der Waals surface area (Å²) in [5.74, 6) is -2.79. The highest BCUT2D eigenvalue weighted by Crippen LogP contribution is 2.46. The van der Waals surface area contributed by atoms with Gasteiger partial charge in [-0.05, 0) is 125 Å². The summed E-state index contributed by atoms with van der Waals surface area (Å²) >= 11 is 70.8. The van der Waals surface area contributed by atoms with E-state index in [1.54, 1.807) is 67.7 Å². The molecule has 5 aliphatic heterocycles. The molecule has 61 heteroatoms. The van der Waals surface area contributed by atoms with Crippen LogP contribution in [0.5, 0.6) is 0 Å². The molecule has 720 valence electrons. The third-order valence-electron chi connectivity index (χ3n) is 18.8. The molecule has 0 spiro atoms. The smallest absolute Gasteiger partial charge is 0.313 e. The van der Waals surface area contributed by atoms with Gasteiger partial charge in [0.25, 0.3) is 28.9 Å². The Balaban J connectivity index is 0.000000127. The minimum Gasteiger partial charge on any atom is -0.407 e. The summed E-state index contributed by atoms with van der Waals surface area (Å²) in [6.45, 7) is 0.239. The van der Waals surface area contributed by atoms with Gasteiger partial charge in [0.15, 0.2) is 27.2 Å². The number of carbonyl (C=O) groups is 5. The number of nitrogens with zero attached hydrogens (tertiary/aromatic N) is 16. The van der Waals surface area contributed by atoms with Crippen LogP contribution in [0.3, 0.4) is 0 Å². The highest BCUT2D eigenvalue weighted by molar-refractivity contribution is 8.02. The third kappa shape index (κ3) is 24.7. The second kappa shape index (κ2) is 44.0. The molecule has 37 nitrogen and oxygen atoms in total. The molecule has 20 rings (SSSR count). The second-order valence-corrected chi connectivity index (χ2v) is 51.2. The Bertz CT molecular complexity index is 7670. The lowest BCUT2D eigenvalue weighted by atomic mass is 10.1. The highest BCUT2D eigenvalue weighted by atomic mass is 35.5. The van der Waals surface area contributed by atoms with Crippen LogP contribution in [0.4, 0.5) is 28.4 Å². The van der Waals surface area contributed by atoms with Crippen molar-refractivity contribution in [3.63, 3.8) is 0 Å². The number of amides is 5. The summed E-state index contributed by atoms with van der Waals surface area (Å²) in [5.41, 5.74) is 4.95. The number of halogens is 10. The van der Waals surface area contributed by atoms with Crippen LogP contribution in [0.25, 0.3) is 18.2 Å². The van der Waals surface area contributed by atoms with Gasteiger partial charge in [0, 0.05) is 120 Å². The van der Waals surface area contributed by atoms with Crippen molar-refractivity contribution in [2.24, 2.45) is 0 Å². The number of pyridine rings is 5. The lowest BCUT2D eigenvalue weighted by Gasteiger charge is -2.16. The summed E-state index contributed by atoms with van der Waals surface area (Å²) in [6, 6.07) is 23.5.